The monoisotopic (exact) mass is 294 g/mol. The predicted octanol–water partition coefficient (Wildman–Crippen LogP) is 2.30. The number of aromatic nitrogens is 2. The van der Waals surface area contributed by atoms with Gasteiger partial charge < -0.3 is 10.4 Å². The van der Waals surface area contributed by atoms with Crippen LogP contribution in [0.5, 0.6) is 0 Å². The first-order valence-corrected chi connectivity index (χ1v) is 7.25. The van der Waals surface area contributed by atoms with E-state index in [1.807, 2.05) is 19.9 Å². The molecule has 6 heteroatoms. The summed E-state index contributed by atoms with van der Waals surface area (Å²) in [6.07, 6.45) is 0.721. The minimum atomic E-state index is -0.382. The van der Waals surface area contributed by atoms with Gasteiger partial charge >= 0.3 is 6.03 Å². The lowest BCUT2D eigenvalue weighted by molar-refractivity contribution is 0.214. The topological polar surface area (TPSA) is 87.1 Å². The van der Waals surface area contributed by atoms with Crippen LogP contribution in [-0.4, -0.2) is 34.0 Å². The summed E-state index contributed by atoms with van der Waals surface area (Å²) in [6.45, 7) is 10.1. The maximum Gasteiger partial charge on any atom is 0.320 e. The second-order valence-electron chi connectivity index (χ2n) is 6.66. The maximum atomic E-state index is 11.8. The van der Waals surface area contributed by atoms with Crippen LogP contribution in [0, 0.1) is 5.92 Å². The summed E-state index contributed by atoms with van der Waals surface area (Å²) in [5.41, 5.74) is 0.786. The molecule has 0 aromatic carbocycles. The van der Waals surface area contributed by atoms with Gasteiger partial charge in [0.25, 0.3) is 0 Å². The molecule has 1 unspecified atom stereocenters. The molecule has 1 aromatic heterocycles. The van der Waals surface area contributed by atoms with Gasteiger partial charge in [-0.25, -0.2) is 4.79 Å². The molecule has 1 rings (SSSR count). The second-order valence-corrected chi connectivity index (χ2v) is 6.66. The van der Waals surface area contributed by atoms with E-state index in [0.717, 1.165) is 12.1 Å². The van der Waals surface area contributed by atoms with Crippen molar-refractivity contribution in [3.05, 3.63) is 17.8 Å². The number of rotatable bonds is 5. The predicted molar refractivity (Wildman–Crippen MR) is 83.2 cm³/mol. The fourth-order valence-electron chi connectivity index (χ4n) is 1.88. The average molecular weight is 294 g/mol. The summed E-state index contributed by atoms with van der Waals surface area (Å²) in [5.74, 6) is 0.787. The largest absolute Gasteiger partial charge is 0.394 e. The zero-order valence-corrected chi connectivity index (χ0v) is 13.5. The van der Waals surface area contributed by atoms with Gasteiger partial charge in [0.2, 0.25) is 0 Å². The SMILES string of the molecule is CC(C)CC(CO)NC(=O)Nc1ccc(C(C)(C)C)nn1. The number of hydrogen-bond donors (Lipinski definition) is 3. The smallest absolute Gasteiger partial charge is 0.320 e. The van der Waals surface area contributed by atoms with Gasteiger partial charge in [0, 0.05) is 5.41 Å². The zero-order valence-electron chi connectivity index (χ0n) is 13.5. The van der Waals surface area contributed by atoms with E-state index >= 15 is 0 Å². The first-order chi connectivity index (χ1) is 9.72. The van der Waals surface area contributed by atoms with Crippen molar-refractivity contribution in [3.8, 4) is 0 Å². The molecule has 118 valence electrons. The Kier molecular flexibility index (Phi) is 6.08. The van der Waals surface area contributed by atoms with Gasteiger partial charge in [-0.05, 0) is 24.5 Å². The summed E-state index contributed by atoms with van der Waals surface area (Å²) in [5, 5.41) is 22.7. The van der Waals surface area contributed by atoms with E-state index < -0.39 is 0 Å². The Bertz CT molecular complexity index is 452. The number of aliphatic hydroxyl groups is 1. The lowest BCUT2D eigenvalue weighted by Crippen LogP contribution is -2.41. The van der Waals surface area contributed by atoms with Crippen LogP contribution in [-0.2, 0) is 5.41 Å². The normalized spacial score (nSPS) is 13.1. The molecule has 0 aliphatic rings. The standard InChI is InChI=1S/C15H26N4O2/c1-10(2)8-11(9-20)16-14(21)17-13-7-6-12(18-19-13)15(3,4)5/h6-7,10-11,20H,8-9H2,1-5H3,(H2,16,17,19,21). The van der Waals surface area contributed by atoms with Crippen LogP contribution in [0.4, 0.5) is 10.6 Å². The van der Waals surface area contributed by atoms with Crippen molar-refractivity contribution in [1.82, 2.24) is 15.5 Å². The Morgan fingerprint density at radius 2 is 1.95 bits per heavy atom. The van der Waals surface area contributed by atoms with Crippen molar-refractivity contribution in [2.75, 3.05) is 11.9 Å². The van der Waals surface area contributed by atoms with E-state index in [9.17, 15) is 9.90 Å². The van der Waals surface area contributed by atoms with Crippen LogP contribution in [0.25, 0.3) is 0 Å². The van der Waals surface area contributed by atoms with E-state index in [1.165, 1.54) is 0 Å². The van der Waals surface area contributed by atoms with Crippen LogP contribution < -0.4 is 10.6 Å². The zero-order chi connectivity index (χ0) is 16.0. The van der Waals surface area contributed by atoms with Gasteiger partial charge in [-0.15, -0.1) is 5.10 Å². The maximum absolute atomic E-state index is 11.8. The Balaban J connectivity index is 2.58. The summed E-state index contributed by atoms with van der Waals surface area (Å²) in [6, 6.07) is 2.93. The van der Waals surface area contributed by atoms with Crippen molar-refractivity contribution in [2.45, 2.75) is 52.5 Å². The number of carbonyl (C=O) groups excluding carboxylic acids is 1. The van der Waals surface area contributed by atoms with Crippen LogP contribution >= 0.6 is 0 Å². The molecule has 0 fully saturated rings. The first kappa shape index (κ1) is 17.4. The fraction of sp³-hybridized carbons (Fsp3) is 0.667. The second kappa shape index (κ2) is 7.36. The van der Waals surface area contributed by atoms with E-state index in [-0.39, 0.29) is 24.1 Å². The quantitative estimate of drug-likeness (QED) is 0.777. The highest BCUT2D eigenvalue weighted by Crippen LogP contribution is 2.19. The number of nitrogens with zero attached hydrogens (tertiary/aromatic N) is 2. The molecule has 0 aliphatic carbocycles. The van der Waals surface area contributed by atoms with Gasteiger partial charge in [0.05, 0.1) is 18.3 Å². The Hall–Kier alpha value is -1.69. The number of hydrogen-bond acceptors (Lipinski definition) is 4. The highest BCUT2D eigenvalue weighted by molar-refractivity contribution is 5.88. The third-order valence-corrected chi connectivity index (χ3v) is 2.99. The van der Waals surface area contributed by atoms with Crippen molar-refractivity contribution in [2.24, 2.45) is 5.92 Å². The molecule has 1 aromatic rings. The molecular weight excluding hydrogens is 268 g/mol. The highest BCUT2D eigenvalue weighted by Gasteiger charge is 2.17. The molecule has 1 heterocycles. The Morgan fingerprint density at radius 3 is 2.38 bits per heavy atom. The molecule has 21 heavy (non-hydrogen) atoms. The average Bonchev–Trinajstić information content (AvgIpc) is 2.36. The summed E-state index contributed by atoms with van der Waals surface area (Å²) < 4.78 is 0. The first-order valence-electron chi connectivity index (χ1n) is 7.25. The van der Waals surface area contributed by atoms with E-state index in [0.29, 0.717) is 11.7 Å². The van der Waals surface area contributed by atoms with Crippen LogP contribution in [0.3, 0.4) is 0 Å². The summed E-state index contributed by atoms with van der Waals surface area (Å²) in [7, 11) is 0. The molecular formula is C15H26N4O2. The third kappa shape index (κ3) is 6.08. The lowest BCUT2D eigenvalue weighted by atomic mass is 9.92. The Labute approximate surface area is 126 Å². The molecule has 0 saturated heterocycles. The van der Waals surface area contributed by atoms with Gasteiger partial charge in [-0.1, -0.05) is 34.6 Å². The number of urea groups is 1. The number of carbonyl (C=O) groups is 1. The fourth-order valence-corrected chi connectivity index (χ4v) is 1.88. The van der Waals surface area contributed by atoms with E-state index in [2.05, 4.69) is 41.6 Å². The molecule has 2 amide bonds. The number of aliphatic hydroxyl groups excluding tert-OH is 1. The third-order valence-electron chi connectivity index (χ3n) is 2.99. The minimum absolute atomic E-state index is 0.0764. The Morgan fingerprint density at radius 1 is 1.29 bits per heavy atom. The summed E-state index contributed by atoms with van der Waals surface area (Å²) in [4.78, 5) is 11.8. The number of anilines is 1. The molecule has 0 aliphatic heterocycles. The van der Waals surface area contributed by atoms with Gasteiger partial charge in [-0.3, -0.25) is 5.32 Å². The minimum Gasteiger partial charge on any atom is -0.394 e. The van der Waals surface area contributed by atoms with E-state index in [4.69, 9.17) is 0 Å². The van der Waals surface area contributed by atoms with Gasteiger partial charge in [-0.2, -0.15) is 5.10 Å². The summed E-state index contributed by atoms with van der Waals surface area (Å²) >= 11 is 0. The van der Waals surface area contributed by atoms with Gasteiger partial charge in [0.15, 0.2) is 5.82 Å². The van der Waals surface area contributed by atoms with Crippen molar-refractivity contribution in [3.63, 3.8) is 0 Å². The molecule has 0 saturated carbocycles. The number of nitrogens with one attached hydrogen (secondary N) is 2. The van der Waals surface area contributed by atoms with Crippen molar-refractivity contribution in [1.29, 1.82) is 0 Å². The van der Waals surface area contributed by atoms with Crippen molar-refractivity contribution >= 4 is 11.8 Å². The molecule has 0 radical (unpaired) electrons. The lowest BCUT2D eigenvalue weighted by Gasteiger charge is -2.19. The molecule has 1 atom stereocenters. The van der Waals surface area contributed by atoms with Gasteiger partial charge in [0.1, 0.15) is 0 Å². The van der Waals surface area contributed by atoms with Crippen LogP contribution in [0.1, 0.15) is 46.7 Å². The molecule has 0 bridgehead atoms. The molecule has 3 N–H and O–H groups in total. The highest BCUT2D eigenvalue weighted by atomic mass is 16.3. The van der Waals surface area contributed by atoms with E-state index in [1.54, 1.807) is 6.07 Å². The van der Waals surface area contributed by atoms with Crippen LogP contribution in [0.15, 0.2) is 12.1 Å². The number of amides is 2. The van der Waals surface area contributed by atoms with Crippen LogP contribution in [0.2, 0.25) is 0 Å². The van der Waals surface area contributed by atoms with Crippen molar-refractivity contribution < 1.29 is 9.90 Å². The molecule has 6 nitrogen and oxygen atoms in total. The molecule has 0 spiro atoms.